The Balaban J connectivity index is 2.17. The van der Waals surface area contributed by atoms with E-state index in [-0.39, 0.29) is 5.91 Å². The highest BCUT2D eigenvalue weighted by Crippen LogP contribution is 2.26. The third kappa shape index (κ3) is 1.87. The maximum absolute atomic E-state index is 11.8. The van der Waals surface area contributed by atoms with Gasteiger partial charge in [-0.15, -0.1) is 0 Å². The normalized spacial score (nSPS) is 15.3. The fourth-order valence-electron chi connectivity index (χ4n) is 1.34. The predicted octanol–water partition coefficient (Wildman–Crippen LogP) is 1.97. The predicted molar refractivity (Wildman–Crippen MR) is 54.4 cm³/mol. The molecule has 1 heterocycles. The largest absolute Gasteiger partial charge is 0.337 e. The maximum Gasteiger partial charge on any atom is 0.272 e. The van der Waals surface area contributed by atoms with Gasteiger partial charge in [-0.2, -0.15) is 0 Å². The molecular weight excluding hydrogens is 200 g/mol. The van der Waals surface area contributed by atoms with Crippen molar-refractivity contribution in [2.45, 2.75) is 18.9 Å². The van der Waals surface area contributed by atoms with Gasteiger partial charge < -0.3 is 4.90 Å². The third-order valence-electron chi connectivity index (χ3n) is 2.35. The van der Waals surface area contributed by atoms with Crippen LogP contribution in [0.25, 0.3) is 0 Å². The molecule has 1 aromatic rings. The monoisotopic (exact) mass is 210 g/mol. The van der Waals surface area contributed by atoms with Crippen molar-refractivity contribution in [1.82, 2.24) is 9.88 Å². The summed E-state index contributed by atoms with van der Waals surface area (Å²) < 4.78 is 0. The Morgan fingerprint density at radius 1 is 1.57 bits per heavy atom. The Hall–Kier alpha value is -1.09. The minimum atomic E-state index is -0.0463. The van der Waals surface area contributed by atoms with Crippen molar-refractivity contribution in [2.75, 3.05) is 7.05 Å². The number of carbonyl (C=O) groups excluding carboxylic acids is 1. The molecule has 0 aromatic carbocycles. The number of amides is 1. The molecule has 0 N–H and O–H groups in total. The highest BCUT2D eigenvalue weighted by atomic mass is 35.5. The molecule has 3 nitrogen and oxygen atoms in total. The van der Waals surface area contributed by atoms with Crippen LogP contribution in [0.2, 0.25) is 5.15 Å². The van der Waals surface area contributed by atoms with Crippen LogP contribution < -0.4 is 0 Å². The second kappa shape index (κ2) is 3.58. The summed E-state index contributed by atoms with van der Waals surface area (Å²) >= 11 is 5.71. The van der Waals surface area contributed by atoms with Gasteiger partial charge in [-0.3, -0.25) is 4.79 Å². The molecule has 0 atom stereocenters. The van der Waals surface area contributed by atoms with Crippen LogP contribution in [-0.2, 0) is 0 Å². The molecule has 14 heavy (non-hydrogen) atoms. The van der Waals surface area contributed by atoms with Gasteiger partial charge in [0.15, 0.2) is 0 Å². The number of pyridine rings is 1. The highest BCUT2D eigenvalue weighted by molar-refractivity contribution is 6.29. The van der Waals surface area contributed by atoms with Gasteiger partial charge in [0.05, 0.1) is 0 Å². The number of carbonyl (C=O) groups is 1. The van der Waals surface area contributed by atoms with E-state index < -0.39 is 0 Å². The molecule has 1 fully saturated rings. The van der Waals surface area contributed by atoms with Crippen molar-refractivity contribution in [2.24, 2.45) is 0 Å². The molecule has 2 rings (SSSR count). The first-order valence-corrected chi connectivity index (χ1v) is 4.96. The van der Waals surface area contributed by atoms with Gasteiger partial charge in [0.1, 0.15) is 10.8 Å². The summed E-state index contributed by atoms with van der Waals surface area (Å²) in [6, 6.07) is 5.49. The maximum atomic E-state index is 11.8. The van der Waals surface area contributed by atoms with E-state index in [2.05, 4.69) is 4.98 Å². The van der Waals surface area contributed by atoms with E-state index >= 15 is 0 Å². The summed E-state index contributed by atoms with van der Waals surface area (Å²) in [6.45, 7) is 0. The lowest BCUT2D eigenvalue weighted by molar-refractivity contribution is 0.0779. The van der Waals surface area contributed by atoms with Crippen molar-refractivity contribution in [3.05, 3.63) is 29.0 Å². The molecule has 1 amide bonds. The average Bonchev–Trinajstić information content (AvgIpc) is 2.99. The molecule has 1 aliphatic rings. The molecule has 0 aliphatic heterocycles. The van der Waals surface area contributed by atoms with Gasteiger partial charge in [-0.05, 0) is 25.0 Å². The van der Waals surface area contributed by atoms with Crippen LogP contribution in [-0.4, -0.2) is 28.9 Å². The van der Waals surface area contributed by atoms with Gasteiger partial charge in [0.2, 0.25) is 0 Å². The molecule has 0 unspecified atom stereocenters. The van der Waals surface area contributed by atoms with Crippen molar-refractivity contribution < 1.29 is 4.79 Å². The van der Waals surface area contributed by atoms with Gasteiger partial charge in [0.25, 0.3) is 5.91 Å². The lowest BCUT2D eigenvalue weighted by Gasteiger charge is -2.15. The fraction of sp³-hybridized carbons (Fsp3) is 0.400. The number of aromatic nitrogens is 1. The Kier molecular flexibility index (Phi) is 2.42. The highest BCUT2D eigenvalue weighted by Gasteiger charge is 2.30. The topological polar surface area (TPSA) is 33.2 Å². The van der Waals surface area contributed by atoms with E-state index in [4.69, 9.17) is 11.6 Å². The lowest BCUT2D eigenvalue weighted by atomic mass is 10.3. The van der Waals surface area contributed by atoms with Crippen LogP contribution in [0.15, 0.2) is 18.2 Å². The zero-order valence-corrected chi connectivity index (χ0v) is 8.66. The minimum absolute atomic E-state index is 0.0463. The number of halogens is 1. The Morgan fingerprint density at radius 3 is 2.86 bits per heavy atom. The lowest BCUT2D eigenvalue weighted by Crippen LogP contribution is -2.29. The third-order valence-corrected chi connectivity index (χ3v) is 2.56. The Bertz CT molecular complexity index is 363. The summed E-state index contributed by atoms with van der Waals surface area (Å²) in [7, 11) is 1.81. The molecular formula is C10H11ClN2O. The van der Waals surface area contributed by atoms with Crippen molar-refractivity contribution in [3.8, 4) is 0 Å². The number of hydrogen-bond donors (Lipinski definition) is 0. The average molecular weight is 211 g/mol. The minimum Gasteiger partial charge on any atom is -0.337 e. The first kappa shape index (κ1) is 9.46. The molecule has 0 radical (unpaired) electrons. The molecule has 1 saturated carbocycles. The van der Waals surface area contributed by atoms with E-state index in [1.165, 1.54) is 0 Å². The zero-order valence-electron chi connectivity index (χ0n) is 7.90. The van der Waals surface area contributed by atoms with Gasteiger partial charge >= 0.3 is 0 Å². The fourth-order valence-corrected chi connectivity index (χ4v) is 1.50. The van der Waals surface area contributed by atoms with E-state index in [0.717, 1.165) is 12.8 Å². The van der Waals surface area contributed by atoms with Crippen molar-refractivity contribution in [3.63, 3.8) is 0 Å². The molecule has 0 saturated heterocycles. The van der Waals surface area contributed by atoms with E-state index in [1.54, 1.807) is 23.1 Å². The zero-order chi connectivity index (χ0) is 10.1. The van der Waals surface area contributed by atoms with Crippen LogP contribution in [0.5, 0.6) is 0 Å². The second-order valence-corrected chi connectivity index (χ2v) is 3.88. The van der Waals surface area contributed by atoms with Crippen LogP contribution in [0.4, 0.5) is 0 Å². The summed E-state index contributed by atoms with van der Waals surface area (Å²) in [6.07, 6.45) is 2.20. The molecule has 4 heteroatoms. The summed E-state index contributed by atoms with van der Waals surface area (Å²) in [4.78, 5) is 17.5. The molecule has 0 bridgehead atoms. The first-order valence-electron chi connectivity index (χ1n) is 4.58. The molecule has 1 aliphatic carbocycles. The van der Waals surface area contributed by atoms with Crippen LogP contribution >= 0.6 is 11.6 Å². The molecule has 0 spiro atoms. The SMILES string of the molecule is CN(C(=O)c1cccc(Cl)n1)C1CC1. The summed E-state index contributed by atoms with van der Waals surface area (Å²) in [5.41, 5.74) is 0.423. The Labute approximate surface area is 87.7 Å². The van der Waals surface area contributed by atoms with E-state index in [1.807, 2.05) is 7.05 Å². The number of nitrogens with zero attached hydrogens (tertiary/aromatic N) is 2. The van der Waals surface area contributed by atoms with Crippen molar-refractivity contribution in [1.29, 1.82) is 0 Å². The number of rotatable bonds is 2. The number of hydrogen-bond acceptors (Lipinski definition) is 2. The summed E-state index contributed by atoms with van der Waals surface area (Å²) in [5, 5.41) is 0.361. The Morgan fingerprint density at radius 2 is 2.29 bits per heavy atom. The van der Waals surface area contributed by atoms with Crippen LogP contribution in [0, 0.1) is 0 Å². The van der Waals surface area contributed by atoms with E-state index in [0.29, 0.717) is 16.9 Å². The van der Waals surface area contributed by atoms with Crippen molar-refractivity contribution >= 4 is 17.5 Å². The van der Waals surface area contributed by atoms with Gasteiger partial charge in [0, 0.05) is 13.1 Å². The van der Waals surface area contributed by atoms with Crippen LogP contribution in [0.1, 0.15) is 23.3 Å². The van der Waals surface area contributed by atoms with Gasteiger partial charge in [-0.1, -0.05) is 17.7 Å². The van der Waals surface area contributed by atoms with E-state index in [9.17, 15) is 4.79 Å². The first-order chi connectivity index (χ1) is 6.68. The summed E-state index contributed by atoms with van der Waals surface area (Å²) in [5.74, 6) is -0.0463. The molecule has 1 aromatic heterocycles. The van der Waals surface area contributed by atoms with Gasteiger partial charge in [-0.25, -0.2) is 4.98 Å². The smallest absolute Gasteiger partial charge is 0.272 e. The molecule has 74 valence electrons. The quantitative estimate of drug-likeness (QED) is 0.700. The van der Waals surface area contributed by atoms with Crippen LogP contribution in [0.3, 0.4) is 0 Å². The standard InChI is InChI=1S/C10H11ClN2O/c1-13(7-5-6-7)10(14)8-3-2-4-9(11)12-8/h2-4,7H,5-6H2,1H3. The second-order valence-electron chi connectivity index (χ2n) is 3.49.